The summed E-state index contributed by atoms with van der Waals surface area (Å²) in [6.45, 7) is 0. The number of pyridine rings is 1. The molecule has 3 nitrogen and oxygen atoms in total. The van der Waals surface area contributed by atoms with Crippen LogP contribution in [0.5, 0.6) is 0 Å². The lowest BCUT2D eigenvalue weighted by Gasteiger charge is -2.10. The molecule has 1 amide bonds. The molecule has 0 unspecified atom stereocenters. The van der Waals surface area contributed by atoms with E-state index in [1.807, 2.05) is 0 Å². The lowest BCUT2D eigenvalue weighted by molar-refractivity contribution is -0.137. The number of nitrogens with two attached hydrogens (primary N) is 1. The Balaban J connectivity index is 2.35. The lowest BCUT2D eigenvalue weighted by atomic mass is 10.0. The average molecular weight is 315 g/mol. The summed E-state index contributed by atoms with van der Waals surface area (Å²) in [5.74, 6) is -0.617. The van der Waals surface area contributed by atoms with Crippen LogP contribution in [0.3, 0.4) is 0 Å². The van der Waals surface area contributed by atoms with Gasteiger partial charge in [-0.25, -0.2) is 0 Å². The van der Waals surface area contributed by atoms with Crippen LogP contribution in [0.25, 0.3) is 0 Å². The molecule has 110 valence electrons. The highest BCUT2D eigenvalue weighted by molar-refractivity contribution is 6.31. The van der Waals surface area contributed by atoms with Crippen molar-refractivity contribution in [3.63, 3.8) is 0 Å². The Kier molecular flexibility index (Phi) is 4.18. The zero-order valence-corrected chi connectivity index (χ0v) is 11.4. The zero-order chi connectivity index (χ0) is 15.6. The number of carbonyl (C=O) groups is 1. The van der Waals surface area contributed by atoms with E-state index in [1.165, 1.54) is 6.07 Å². The second kappa shape index (κ2) is 5.73. The number of nitrogens with zero attached hydrogens (tertiary/aromatic N) is 1. The van der Waals surface area contributed by atoms with Gasteiger partial charge < -0.3 is 5.73 Å². The Morgan fingerprint density at radius 1 is 1.29 bits per heavy atom. The summed E-state index contributed by atoms with van der Waals surface area (Å²) in [6.07, 6.45) is -3.66. The molecule has 0 spiro atoms. The van der Waals surface area contributed by atoms with Gasteiger partial charge in [0.15, 0.2) is 0 Å². The minimum atomic E-state index is -4.50. The van der Waals surface area contributed by atoms with Gasteiger partial charge in [-0.1, -0.05) is 29.8 Å². The fourth-order valence-electron chi connectivity index (χ4n) is 1.85. The van der Waals surface area contributed by atoms with Crippen molar-refractivity contribution in [3.05, 3.63) is 63.9 Å². The smallest absolute Gasteiger partial charge is 0.366 e. The summed E-state index contributed by atoms with van der Waals surface area (Å²) in [4.78, 5) is 15.0. The van der Waals surface area contributed by atoms with Crippen molar-refractivity contribution in [2.24, 2.45) is 5.73 Å². The summed E-state index contributed by atoms with van der Waals surface area (Å²) in [7, 11) is 0. The first-order valence-electron chi connectivity index (χ1n) is 5.88. The predicted molar refractivity (Wildman–Crippen MR) is 72.0 cm³/mol. The maximum Gasteiger partial charge on any atom is 0.417 e. The van der Waals surface area contributed by atoms with E-state index in [4.69, 9.17) is 17.3 Å². The van der Waals surface area contributed by atoms with Gasteiger partial charge in [-0.3, -0.25) is 9.78 Å². The van der Waals surface area contributed by atoms with Gasteiger partial charge in [-0.2, -0.15) is 13.2 Å². The average Bonchev–Trinajstić information content (AvgIpc) is 2.40. The first-order chi connectivity index (χ1) is 9.79. The number of benzene rings is 1. The molecule has 21 heavy (non-hydrogen) atoms. The van der Waals surface area contributed by atoms with Gasteiger partial charge in [0.1, 0.15) is 0 Å². The quantitative estimate of drug-likeness (QED) is 0.943. The van der Waals surface area contributed by atoms with E-state index in [0.717, 1.165) is 6.07 Å². The molecule has 0 aliphatic heterocycles. The van der Waals surface area contributed by atoms with E-state index in [1.54, 1.807) is 18.2 Å². The molecule has 1 heterocycles. The number of carbonyl (C=O) groups excluding carboxylic acids is 1. The van der Waals surface area contributed by atoms with Gasteiger partial charge in [0.2, 0.25) is 5.91 Å². The molecule has 1 aromatic heterocycles. The molecule has 0 saturated heterocycles. The molecule has 2 aromatic rings. The Morgan fingerprint density at radius 3 is 2.52 bits per heavy atom. The summed E-state index contributed by atoms with van der Waals surface area (Å²) in [5, 5.41) is -0.107. The number of rotatable bonds is 3. The van der Waals surface area contributed by atoms with Crippen LogP contribution in [-0.4, -0.2) is 10.9 Å². The minimum Gasteiger partial charge on any atom is -0.366 e. The van der Waals surface area contributed by atoms with Crippen LogP contribution in [-0.2, 0) is 12.6 Å². The van der Waals surface area contributed by atoms with Gasteiger partial charge >= 0.3 is 6.18 Å². The molecule has 0 aliphatic rings. The summed E-state index contributed by atoms with van der Waals surface area (Å²) in [6, 6.07) is 7.34. The van der Waals surface area contributed by atoms with Gasteiger partial charge in [0.05, 0.1) is 16.3 Å². The SMILES string of the molecule is NC(=O)c1ccccc1Cc1ncc(C(F)(F)F)cc1Cl. The lowest BCUT2D eigenvalue weighted by Crippen LogP contribution is -2.14. The Labute approximate surface area is 123 Å². The second-order valence-corrected chi connectivity index (χ2v) is 4.76. The third-order valence-corrected chi connectivity index (χ3v) is 3.21. The highest BCUT2D eigenvalue weighted by atomic mass is 35.5. The summed E-state index contributed by atoms with van der Waals surface area (Å²) < 4.78 is 37.6. The fraction of sp³-hybridized carbons (Fsp3) is 0.143. The molecule has 0 aliphatic carbocycles. The van der Waals surface area contributed by atoms with Gasteiger partial charge in [-0.15, -0.1) is 0 Å². The molecule has 2 rings (SSSR count). The number of hydrogen-bond acceptors (Lipinski definition) is 2. The Morgan fingerprint density at radius 2 is 1.95 bits per heavy atom. The third kappa shape index (κ3) is 3.52. The first-order valence-corrected chi connectivity index (χ1v) is 6.26. The molecular formula is C14H10ClF3N2O. The monoisotopic (exact) mass is 314 g/mol. The number of hydrogen-bond donors (Lipinski definition) is 1. The van der Waals surface area contributed by atoms with Crippen LogP contribution in [0.15, 0.2) is 36.5 Å². The number of aromatic nitrogens is 1. The van der Waals surface area contributed by atoms with E-state index in [-0.39, 0.29) is 22.7 Å². The van der Waals surface area contributed by atoms with E-state index in [2.05, 4.69) is 4.98 Å². The van der Waals surface area contributed by atoms with E-state index >= 15 is 0 Å². The molecule has 1 aromatic carbocycles. The first kappa shape index (κ1) is 15.3. The van der Waals surface area contributed by atoms with E-state index in [0.29, 0.717) is 11.8 Å². The van der Waals surface area contributed by atoms with Crippen LogP contribution in [0.4, 0.5) is 13.2 Å². The Bertz CT molecular complexity index is 686. The second-order valence-electron chi connectivity index (χ2n) is 4.35. The summed E-state index contributed by atoms with van der Waals surface area (Å²) >= 11 is 5.84. The highest BCUT2D eigenvalue weighted by Crippen LogP contribution is 2.31. The molecule has 2 N–H and O–H groups in total. The third-order valence-electron chi connectivity index (χ3n) is 2.89. The van der Waals surface area contributed by atoms with E-state index in [9.17, 15) is 18.0 Å². The van der Waals surface area contributed by atoms with Crippen molar-refractivity contribution in [1.82, 2.24) is 4.98 Å². The van der Waals surface area contributed by atoms with Crippen molar-refractivity contribution < 1.29 is 18.0 Å². The van der Waals surface area contributed by atoms with Crippen molar-refractivity contribution in [3.8, 4) is 0 Å². The molecule has 0 saturated carbocycles. The van der Waals surface area contributed by atoms with Gasteiger partial charge in [0, 0.05) is 18.2 Å². The maximum absolute atomic E-state index is 12.5. The van der Waals surface area contributed by atoms with Crippen LogP contribution >= 0.6 is 11.6 Å². The van der Waals surface area contributed by atoms with Crippen molar-refractivity contribution in [2.75, 3.05) is 0 Å². The van der Waals surface area contributed by atoms with Crippen LogP contribution in [0, 0.1) is 0 Å². The molecule has 0 fully saturated rings. The largest absolute Gasteiger partial charge is 0.417 e. The van der Waals surface area contributed by atoms with Crippen LogP contribution < -0.4 is 5.73 Å². The molecule has 0 bridgehead atoms. The standard InChI is InChI=1S/C14H10ClF3N2O/c15-11-6-9(14(16,17)18)7-20-12(11)5-8-3-1-2-4-10(8)13(19)21/h1-4,6-7H,5H2,(H2,19,21). The number of amides is 1. The van der Waals surface area contributed by atoms with Crippen molar-refractivity contribution >= 4 is 17.5 Å². The zero-order valence-electron chi connectivity index (χ0n) is 10.6. The van der Waals surface area contributed by atoms with E-state index < -0.39 is 17.6 Å². The molecular weight excluding hydrogens is 305 g/mol. The summed E-state index contributed by atoms with van der Waals surface area (Å²) in [5.41, 5.74) is 5.42. The fourth-order valence-corrected chi connectivity index (χ4v) is 2.08. The predicted octanol–water partition coefficient (Wildman–Crippen LogP) is 3.44. The number of alkyl halides is 3. The normalized spacial score (nSPS) is 11.4. The highest BCUT2D eigenvalue weighted by Gasteiger charge is 2.31. The molecule has 0 atom stereocenters. The van der Waals surface area contributed by atoms with Crippen LogP contribution in [0.1, 0.15) is 27.2 Å². The molecule has 7 heteroatoms. The number of halogens is 4. The van der Waals surface area contributed by atoms with Crippen LogP contribution in [0.2, 0.25) is 5.02 Å². The van der Waals surface area contributed by atoms with Gasteiger partial charge in [-0.05, 0) is 17.7 Å². The topological polar surface area (TPSA) is 56.0 Å². The Hall–Kier alpha value is -2.08. The maximum atomic E-state index is 12.5. The number of primary amides is 1. The molecule has 0 radical (unpaired) electrons. The van der Waals surface area contributed by atoms with Gasteiger partial charge in [0.25, 0.3) is 0 Å². The van der Waals surface area contributed by atoms with Crippen molar-refractivity contribution in [2.45, 2.75) is 12.6 Å². The van der Waals surface area contributed by atoms with Crippen molar-refractivity contribution in [1.29, 1.82) is 0 Å². The minimum absolute atomic E-state index is 0.107.